The highest BCUT2D eigenvalue weighted by molar-refractivity contribution is 9.10. The second-order valence-electron chi connectivity index (χ2n) is 6.30. The van der Waals surface area contributed by atoms with Crippen molar-refractivity contribution in [2.45, 2.75) is 0 Å². The maximum absolute atomic E-state index is 12.2. The molecule has 0 saturated carbocycles. The Kier molecular flexibility index (Phi) is 7.65. The van der Waals surface area contributed by atoms with E-state index in [4.69, 9.17) is 9.47 Å². The van der Waals surface area contributed by atoms with Crippen LogP contribution in [0.15, 0.2) is 82.4 Å². The maximum Gasteiger partial charge on any atom is 0.343 e. The van der Waals surface area contributed by atoms with Gasteiger partial charge in [0.05, 0.1) is 16.7 Å². The average molecular weight is 498 g/mol. The number of nitrogens with one attached hydrogen (secondary N) is 1. The standard InChI is InChI=1S/C22H16BrN3O6/c23-17-6-10-19(11-7-17)31-14-21(27)25-24-13-15-2-1-3-20(12-15)32-22(28)16-4-8-18(9-5-16)26(29)30/h1-13H,14H2,(H,25,27). The Morgan fingerprint density at radius 3 is 2.44 bits per heavy atom. The third-order valence-corrected chi connectivity index (χ3v) is 4.50. The molecule has 0 bridgehead atoms. The summed E-state index contributed by atoms with van der Waals surface area (Å²) in [5.74, 6) is -0.297. The minimum atomic E-state index is -0.660. The second kappa shape index (κ2) is 10.8. The summed E-state index contributed by atoms with van der Waals surface area (Å²) < 4.78 is 11.5. The largest absolute Gasteiger partial charge is 0.484 e. The maximum atomic E-state index is 12.2. The molecule has 3 aromatic carbocycles. The van der Waals surface area contributed by atoms with Crippen molar-refractivity contribution in [1.29, 1.82) is 0 Å². The molecule has 0 aromatic heterocycles. The molecule has 0 atom stereocenters. The number of carbonyl (C=O) groups excluding carboxylic acids is 2. The molecule has 0 aliphatic rings. The monoisotopic (exact) mass is 497 g/mol. The van der Waals surface area contributed by atoms with E-state index in [1.54, 1.807) is 48.5 Å². The number of hydrogen-bond acceptors (Lipinski definition) is 7. The van der Waals surface area contributed by atoms with Gasteiger partial charge >= 0.3 is 5.97 Å². The van der Waals surface area contributed by atoms with Gasteiger partial charge in [-0.3, -0.25) is 14.9 Å². The number of ether oxygens (including phenoxy) is 2. The van der Waals surface area contributed by atoms with Gasteiger partial charge in [0.25, 0.3) is 11.6 Å². The van der Waals surface area contributed by atoms with E-state index in [0.29, 0.717) is 11.3 Å². The van der Waals surface area contributed by atoms with Gasteiger partial charge in [0.15, 0.2) is 6.61 Å². The van der Waals surface area contributed by atoms with Crippen molar-refractivity contribution in [3.05, 3.63) is 98.5 Å². The van der Waals surface area contributed by atoms with Gasteiger partial charge in [0.2, 0.25) is 0 Å². The van der Waals surface area contributed by atoms with Crippen molar-refractivity contribution in [1.82, 2.24) is 5.43 Å². The molecule has 0 aliphatic heterocycles. The summed E-state index contributed by atoms with van der Waals surface area (Å²) >= 11 is 3.32. The van der Waals surface area contributed by atoms with E-state index in [-0.39, 0.29) is 23.6 Å². The minimum absolute atomic E-state index is 0.121. The molecule has 3 rings (SSSR count). The predicted octanol–water partition coefficient (Wildman–Crippen LogP) is 4.11. The van der Waals surface area contributed by atoms with E-state index in [2.05, 4.69) is 26.5 Å². The van der Waals surface area contributed by atoms with E-state index < -0.39 is 16.8 Å². The fraction of sp³-hybridized carbons (Fsp3) is 0.0455. The van der Waals surface area contributed by atoms with Gasteiger partial charge in [-0.2, -0.15) is 5.10 Å². The highest BCUT2D eigenvalue weighted by Gasteiger charge is 2.11. The fourth-order valence-electron chi connectivity index (χ4n) is 2.43. The Morgan fingerprint density at radius 2 is 1.75 bits per heavy atom. The van der Waals surface area contributed by atoms with Crippen LogP contribution >= 0.6 is 15.9 Å². The number of hydrazone groups is 1. The number of non-ortho nitro benzene ring substituents is 1. The van der Waals surface area contributed by atoms with Crippen molar-refractivity contribution in [2.75, 3.05) is 6.61 Å². The van der Waals surface area contributed by atoms with Crippen LogP contribution in [-0.4, -0.2) is 29.6 Å². The minimum Gasteiger partial charge on any atom is -0.484 e. The number of rotatable bonds is 8. The van der Waals surface area contributed by atoms with Gasteiger partial charge in [-0.15, -0.1) is 0 Å². The number of halogens is 1. The molecule has 162 valence electrons. The molecule has 1 amide bonds. The highest BCUT2D eigenvalue weighted by atomic mass is 79.9. The molecule has 1 N–H and O–H groups in total. The number of nitro benzene ring substituents is 1. The third kappa shape index (κ3) is 6.74. The first-order chi connectivity index (χ1) is 15.4. The molecule has 0 aliphatic carbocycles. The first-order valence-electron chi connectivity index (χ1n) is 9.18. The van der Waals surface area contributed by atoms with Crippen LogP contribution in [-0.2, 0) is 4.79 Å². The quantitative estimate of drug-likeness (QED) is 0.164. The summed E-state index contributed by atoms with van der Waals surface area (Å²) in [7, 11) is 0. The summed E-state index contributed by atoms with van der Waals surface area (Å²) in [4.78, 5) is 34.2. The first kappa shape index (κ1) is 22.6. The lowest BCUT2D eigenvalue weighted by molar-refractivity contribution is -0.384. The van der Waals surface area contributed by atoms with E-state index in [1.807, 2.05) is 0 Å². The fourth-order valence-corrected chi connectivity index (χ4v) is 2.70. The number of benzene rings is 3. The molecule has 0 unspecified atom stereocenters. The summed E-state index contributed by atoms with van der Waals surface area (Å²) in [6.45, 7) is -0.203. The normalized spacial score (nSPS) is 10.5. The SMILES string of the molecule is O=C(COc1ccc(Br)cc1)NN=Cc1cccc(OC(=O)c2ccc([N+](=O)[O-])cc2)c1. The Hall–Kier alpha value is -4.05. The highest BCUT2D eigenvalue weighted by Crippen LogP contribution is 2.17. The number of esters is 1. The van der Waals surface area contributed by atoms with Gasteiger partial charge < -0.3 is 9.47 Å². The molecule has 3 aromatic rings. The van der Waals surface area contributed by atoms with Crippen LogP contribution in [0.5, 0.6) is 11.5 Å². The zero-order valence-corrected chi connectivity index (χ0v) is 18.0. The van der Waals surface area contributed by atoms with Crippen molar-refractivity contribution in [3.63, 3.8) is 0 Å². The zero-order valence-electron chi connectivity index (χ0n) is 16.4. The average Bonchev–Trinajstić information content (AvgIpc) is 2.79. The summed E-state index contributed by atoms with van der Waals surface area (Å²) in [6, 6.07) is 18.6. The van der Waals surface area contributed by atoms with Crippen molar-refractivity contribution in [3.8, 4) is 11.5 Å². The molecule has 32 heavy (non-hydrogen) atoms. The Labute approximate surface area is 190 Å². The lowest BCUT2D eigenvalue weighted by Gasteiger charge is -2.06. The Balaban J connectivity index is 1.51. The molecule has 0 fully saturated rings. The lowest BCUT2D eigenvalue weighted by atomic mass is 10.2. The summed E-state index contributed by atoms with van der Waals surface area (Å²) in [6.07, 6.45) is 1.39. The predicted molar refractivity (Wildman–Crippen MR) is 120 cm³/mol. The second-order valence-corrected chi connectivity index (χ2v) is 7.22. The molecular formula is C22H16BrN3O6. The summed E-state index contributed by atoms with van der Waals surface area (Å²) in [5, 5.41) is 14.6. The van der Waals surface area contributed by atoms with E-state index >= 15 is 0 Å². The van der Waals surface area contributed by atoms with Crippen LogP contribution in [0.1, 0.15) is 15.9 Å². The van der Waals surface area contributed by atoms with Crippen LogP contribution in [0.2, 0.25) is 0 Å². The number of nitrogens with zero attached hydrogens (tertiary/aromatic N) is 2. The van der Waals surface area contributed by atoms with Crippen molar-refractivity contribution >= 4 is 39.7 Å². The van der Waals surface area contributed by atoms with E-state index in [0.717, 1.165) is 4.47 Å². The third-order valence-electron chi connectivity index (χ3n) is 3.97. The first-order valence-corrected chi connectivity index (χ1v) is 9.97. The molecule has 0 saturated heterocycles. The topological polar surface area (TPSA) is 120 Å². The smallest absolute Gasteiger partial charge is 0.343 e. The van der Waals surface area contributed by atoms with Crippen LogP contribution in [0.25, 0.3) is 0 Å². The van der Waals surface area contributed by atoms with Crippen LogP contribution < -0.4 is 14.9 Å². The van der Waals surface area contributed by atoms with E-state index in [9.17, 15) is 19.7 Å². The molecule has 0 radical (unpaired) electrons. The molecule has 9 nitrogen and oxygen atoms in total. The van der Waals surface area contributed by atoms with Crippen LogP contribution in [0.4, 0.5) is 5.69 Å². The number of nitro groups is 1. The Morgan fingerprint density at radius 1 is 1.03 bits per heavy atom. The lowest BCUT2D eigenvalue weighted by Crippen LogP contribution is -2.24. The molecule has 0 heterocycles. The van der Waals surface area contributed by atoms with Crippen molar-refractivity contribution in [2.24, 2.45) is 5.10 Å². The van der Waals surface area contributed by atoms with Gasteiger partial charge in [-0.1, -0.05) is 28.1 Å². The van der Waals surface area contributed by atoms with Gasteiger partial charge in [-0.05, 0) is 54.1 Å². The molecule has 10 heteroatoms. The van der Waals surface area contributed by atoms with Crippen molar-refractivity contribution < 1.29 is 24.0 Å². The number of carbonyl (C=O) groups is 2. The van der Waals surface area contributed by atoms with Gasteiger partial charge in [0.1, 0.15) is 11.5 Å². The Bertz CT molecular complexity index is 1150. The van der Waals surface area contributed by atoms with E-state index in [1.165, 1.54) is 30.5 Å². The van der Waals surface area contributed by atoms with Gasteiger partial charge in [0, 0.05) is 16.6 Å². The molecule has 0 spiro atoms. The molecular weight excluding hydrogens is 482 g/mol. The number of amides is 1. The van der Waals surface area contributed by atoms with Gasteiger partial charge in [-0.25, -0.2) is 10.2 Å². The van der Waals surface area contributed by atoms with Crippen LogP contribution in [0, 0.1) is 10.1 Å². The van der Waals surface area contributed by atoms with Crippen LogP contribution in [0.3, 0.4) is 0 Å². The summed E-state index contributed by atoms with van der Waals surface area (Å²) in [5.41, 5.74) is 2.98. The zero-order chi connectivity index (χ0) is 22.9. The number of hydrogen-bond donors (Lipinski definition) is 1.